The van der Waals surface area contributed by atoms with Crippen LogP contribution < -0.4 is 5.73 Å². The van der Waals surface area contributed by atoms with E-state index in [4.69, 9.17) is 15.3 Å². The van der Waals surface area contributed by atoms with E-state index in [1.54, 1.807) is 6.07 Å². The van der Waals surface area contributed by atoms with Crippen molar-refractivity contribution in [1.82, 2.24) is 4.90 Å². The van der Waals surface area contributed by atoms with Crippen molar-refractivity contribution in [1.29, 1.82) is 0 Å². The van der Waals surface area contributed by atoms with E-state index in [2.05, 4.69) is 17.1 Å². The van der Waals surface area contributed by atoms with Gasteiger partial charge in [-0.1, -0.05) is 12.2 Å². The number of nitrogens with zero attached hydrogens (tertiary/aromatic N) is 1. The minimum absolute atomic E-state index is 0.0168. The van der Waals surface area contributed by atoms with E-state index in [0.29, 0.717) is 18.8 Å². The Bertz CT molecular complexity index is 425. The van der Waals surface area contributed by atoms with Gasteiger partial charge in [0.05, 0.1) is 6.54 Å². The van der Waals surface area contributed by atoms with Crippen LogP contribution in [0.3, 0.4) is 0 Å². The molecule has 2 heterocycles. The minimum atomic E-state index is -1.04. The molecule has 1 aliphatic rings. The molecule has 0 aromatic carbocycles. The fourth-order valence-electron chi connectivity index (χ4n) is 1.98. The summed E-state index contributed by atoms with van der Waals surface area (Å²) < 4.78 is 5.23. The van der Waals surface area contributed by atoms with Gasteiger partial charge in [0.2, 0.25) is 5.76 Å². The monoisotopic (exact) mass is 236 g/mol. The first-order valence-electron chi connectivity index (χ1n) is 5.63. The summed E-state index contributed by atoms with van der Waals surface area (Å²) in [6.45, 7) is 2.07. The van der Waals surface area contributed by atoms with Gasteiger partial charge in [-0.2, -0.15) is 0 Å². The van der Waals surface area contributed by atoms with E-state index in [0.717, 1.165) is 13.0 Å². The van der Waals surface area contributed by atoms with Crippen LogP contribution in [0, 0.1) is 0 Å². The number of rotatable bonds is 4. The van der Waals surface area contributed by atoms with Gasteiger partial charge in [0, 0.05) is 19.1 Å². The van der Waals surface area contributed by atoms with Gasteiger partial charge in [-0.25, -0.2) is 4.79 Å². The van der Waals surface area contributed by atoms with Crippen molar-refractivity contribution in [3.8, 4) is 0 Å². The first-order chi connectivity index (χ1) is 8.20. The van der Waals surface area contributed by atoms with Crippen LogP contribution in [0.4, 0.5) is 0 Å². The van der Waals surface area contributed by atoms with Crippen molar-refractivity contribution in [2.75, 3.05) is 13.1 Å². The van der Waals surface area contributed by atoms with Gasteiger partial charge in [-0.05, 0) is 18.6 Å². The molecule has 0 aliphatic carbocycles. The minimum Gasteiger partial charge on any atom is -0.475 e. The van der Waals surface area contributed by atoms with Gasteiger partial charge < -0.3 is 15.3 Å². The van der Waals surface area contributed by atoms with Crippen molar-refractivity contribution < 1.29 is 14.3 Å². The molecular formula is C12H16N2O3. The molecule has 0 saturated carbocycles. The van der Waals surface area contributed by atoms with E-state index < -0.39 is 5.97 Å². The lowest BCUT2D eigenvalue weighted by atomic mass is 10.1. The molecule has 0 fully saturated rings. The normalized spacial score (nSPS) is 20.6. The van der Waals surface area contributed by atoms with Crippen molar-refractivity contribution in [2.45, 2.75) is 19.0 Å². The van der Waals surface area contributed by atoms with E-state index in [-0.39, 0.29) is 11.8 Å². The van der Waals surface area contributed by atoms with E-state index in [1.165, 1.54) is 6.07 Å². The molecule has 0 saturated heterocycles. The van der Waals surface area contributed by atoms with Crippen LogP contribution in [-0.4, -0.2) is 35.1 Å². The molecule has 2 rings (SSSR count). The average Bonchev–Trinajstić information content (AvgIpc) is 2.78. The standard InChI is InChI=1S/C12H16N2O3/c13-7-9-3-1-2-6-14(9)8-10-4-5-11(17-10)12(15)16/h1,3-5,9H,2,6-8,13H2,(H,15,16). The molecule has 1 aliphatic heterocycles. The van der Waals surface area contributed by atoms with Gasteiger partial charge in [-0.15, -0.1) is 0 Å². The highest BCUT2D eigenvalue weighted by atomic mass is 16.4. The zero-order valence-electron chi connectivity index (χ0n) is 9.50. The zero-order chi connectivity index (χ0) is 12.3. The SMILES string of the molecule is NCC1C=CCCN1Cc1ccc(C(=O)O)o1. The van der Waals surface area contributed by atoms with Crippen LogP contribution in [-0.2, 0) is 6.54 Å². The topological polar surface area (TPSA) is 79.7 Å². The summed E-state index contributed by atoms with van der Waals surface area (Å²) >= 11 is 0. The van der Waals surface area contributed by atoms with Crippen LogP contribution in [0.1, 0.15) is 22.7 Å². The molecular weight excluding hydrogens is 220 g/mol. The Hall–Kier alpha value is -1.59. The molecule has 92 valence electrons. The predicted octanol–water partition coefficient (Wildman–Crippen LogP) is 1.07. The Morgan fingerprint density at radius 3 is 3.06 bits per heavy atom. The second kappa shape index (κ2) is 5.16. The summed E-state index contributed by atoms with van der Waals surface area (Å²) in [6.07, 6.45) is 5.20. The number of hydrogen-bond acceptors (Lipinski definition) is 4. The lowest BCUT2D eigenvalue weighted by molar-refractivity contribution is 0.0657. The molecule has 0 radical (unpaired) electrons. The second-order valence-electron chi connectivity index (χ2n) is 4.06. The number of nitrogens with two attached hydrogens (primary N) is 1. The van der Waals surface area contributed by atoms with Gasteiger partial charge >= 0.3 is 5.97 Å². The molecule has 1 aromatic rings. The fourth-order valence-corrected chi connectivity index (χ4v) is 1.98. The third-order valence-electron chi connectivity index (χ3n) is 2.88. The van der Waals surface area contributed by atoms with E-state index >= 15 is 0 Å². The summed E-state index contributed by atoms with van der Waals surface area (Å²) in [6, 6.07) is 3.40. The van der Waals surface area contributed by atoms with Crippen LogP contribution in [0.15, 0.2) is 28.7 Å². The number of aromatic carboxylic acids is 1. The first-order valence-corrected chi connectivity index (χ1v) is 5.63. The predicted molar refractivity (Wildman–Crippen MR) is 62.7 cm³/mol. The Labute approximate surface area is 99.5 Å². The molecule has 1 aromatic heterocycles. The lowest BCUT2D eigenvalue weighted by Gasteiger charge is -2.30. The zero-order valence-corrected chi connectivity index (χ0v) is 9.50. The Balaban J connectivity index is 2.04. The van der Waals surface area contributed by atoms with Crippen molar-refractivity contribution in [2.24, 2.45) is 5.73 Å². The molecule has 17 heavy (non-hydrogen) atoms. The van der Waals surface area contributed by atoms with Crippen LogP contribution in [0.25, 0.3) is 0 Å². The highest BCUT2D eigenvalue weighted by Gasteiger charge is 2.19. The Kier molecular flexibility index (Phi) is 3.61. The smallest absolute Gasteiger partial charge is 0.371 e. The molecule has 1 unspecified atom stereocenters. The van der Waals surface area contributed by atoms with Crippen molar-refractivity contribution >= 4 is 5.97 Å². The van der Waals surface area contributed by atoms with Crippen molar-refractivity contribution in [3.63, 3.8) is 0 Å². The van der Waals surface area contributed by atoms with Crippen LogP contribution in [0.5, 0.6) is 0 Å². The highest BCUT2D eigenvalue weighted by molar-refractivity contribution is 5.84. The molecule has 0 amide bonds. The summed E-state index contributed by atoms with van der Waals surface area (Å²) in [7, 11) is 0. The van der Waals surface area contributed by atoms with Crippen molar-refractivity contribution in [3.05, 3.63) is 35.8 Å². The highest BCUT2D eigenvalue weighted by Crippen LogP contribution is 2.16. The quantitative estimate of drug-likeness (QED) is 0.764. The number of hydrogen-bond donors (Lipinski definition) is 2. The van der Waals surface area contributed by atoms with Crippen LogP contribution in [0.2, 0.25) is 0 Å². The summed E-state index contributed by atoms with van der Waals surface area (Å²) in [5.74, 6) is -0.391. The number of carboxylic acids is 1. The third-order valence-corrected chi connectivity index (χ3v) is 2.88. The molecule has 5 heteroatoms. The Morgan fingerprint density at radius 1 is 1.59 bits per heavy atom. The van der Waals surface area contributed by atoms with Gasteiger partial charge in [0.1, 0.15) is 5.76 Å². The fraction of sp³-hybridized carbons (Fsp3) is 0.417. The molecule has 0 spiro atoms. The number of carbonyl (C=O) groups is 1. The van der Waals surface area contributed by atoms with Crippen LogP contribution >= 0.6 is 0 Å². The average molecular weight is 236 g/mol. The Morgan fingerprint density at radius 2 is 2.41 bits per heavy atom. The largest absolute Gasteiger partial charge is 0.475 e. The van der Waals surface area contributed by atoms with E-state index in [1.807, 2.05) is 0 Å². The molecule has 0 bridgehead atoms. The first kappa shape index (κ1) is 11.9. The number of carboxylic acid groups (broad SMARTS) is 1. The summed E-state index contributed by atoms with van der Waals surface area (Å²) in [5, 5.41) is 8.76. The third kappa shape index (κ3) is 2.75. The maximum atomic E-state index is 10.7. The second-order valence-corrected chi connectivity index (χ2v) is 4.06. The van der Waals surface area contributed by atoms with Gasteiger partial charge in [0.15, 0.2) is 0 Å². The summed E-state index contributed by atoms with van der Waals surface area (Å²) in [4.78, 5) is 12.9. The van der Waals surface area contributed by atoms with Gasteiger partial charge in [-0.3, -0.25) is 4.90 Å². The molecule has 1 atom stereocenters. The molecule has 3 N–H and O–H groups in total. The molecule has 5 nitrogen and oxygen atoms in total. The lowest BCUT2D eigenvalue weighted by Crippen LogP contribution is -2.41. The maximum absolute atomic E-state index is 10.7. The maximum Gasteiger partial charge on any atom is 0.371 e. The number of furan rings is 1. The van der Waals surface area contributed by atoms with E-state index in [9.17, 15) is 4.79 Å². The van der Waals surface area contributed by atoms with Gasteiger partial charge in [0.25, 0.3) is 0 Å². The summed E-state index contributed by atoms with van der Waals surface area (Å²) in [5.41, 5.74) is 5.68.